The molecule has 1 fully saturated rings. The van der Waals surface area contributed by atoms with E-state index in [0.29, 0.717) is 12.1 Å². The first-order chi connectivity index (χ1) is 9.63. The number of anilines is 1. The van der Waals surface area contributed by atoms with Gasteiger partial charge in [0.15, 0.2) is 0 Å². The first-order valence-corrected chi connectivity index (χ1v) is 6.87. The van der Waals surface area contributed by atoms with Crippen molar-refractivity contribution < 1.29 is 9.72 Å². The SMILES string of the molecule is CNc1c(C(=O)NCCC2CCC2)cccc1[N+](=O)[O-]. The lowest BCUT2D eigenvalue weighted by molar-refractivity contribution is -0.384. The van der Waals surface area contributed by atoms with E-state index in [-0.39, 0.29) is 17.3 Å². The van der Waals surface area contributed by atoms with Crippen LogP contribution in [0.3, 0.4) is 0 Å². The number of benzene rings is 1. The number of nitrogens with one attached hydrogen (secondary N) is 2. The van der Waals surface area contributed by atoms with Gasteiger partial charge in [0.1, 0.15) is 5.69 Å². The average molecular weight is 277 g/mol. The van der Waals surface area contributed by atoms with Crippen molar-refractivity contribution in [3.05, 3.63) is 33.9 Å². The van der Waals surface area contributed by atoms with Crippen molar-refractivity contribution >= 4 is 17.3 Å². The molecule has 0 radical (unpaired) electrons. The van der Waals surface area contributed by atoms with Crippen molar-refractivity contribution in [2.75, 3.05) is 18.9 Å². The summed E-state index contributed by atoms with van der Waals surface area (Å²) >= 11 is 0. The molecule has 1 amide bonds. The van der Waals surface area contributed by atoms with E-state index in [1.165, 1.54) is 31.4 Å². The first kappa shape index (κ1) is 14.3. The van der Waals surface area contributed by atoms with Gasteiger partial charge in [-0.2, -0.15) is 0 Å². The van der Waals surface area contributed by atoms with Crippen molar-refractivity contribution in [2.24, 2.45) is 5.92 Å². The molecule has 1 aromatic carbocycles. The summed E-state index contributed by atoms with van der Waals surface area (Å²) in [4.78, 5) is 22.6. The van der Waals surface area contributed by atoms with Gasteiger partial charge in [-0.05, 0) is 18.4 Å². The van der Waals surface area contributed by atoms with Gasteiger partial charge in [0, 0.05) is 19.7 Å². The predicted molar refractivity (Wildman–Crippen MR) is 76.9 cm³/mol. The van der Waals surface area contributed by atoms with Crippen LogP contribution in [0, 0.1) is 16.0 Å². The lowest BCUT2D eigenvalue weighted by atomic mass is 9.83. The zero-order valence-corrected chi connectivity index (χ0v) is 11.5. The van der Waals surface area contributed by atoms with Gasteiger partial charge in [-0.15, -0.1) is 0 Å². The minimum absolute atomic E-state index is 0.0841. The molecular weight excluding hydrogens is 258 g/mol. The fourth-order valence-electron chi connectivity index (χ4n) is 2.41. The van der Waals surface area contributed by atoms with Crippen molar-refractivity contribution in [1.82, 2.24) is 5.32 Å². The molecule has 0 atom stereocenters. The molecule has 0 spiro atoms. The summed E-state index contributed by atoms with van der Waals surface area (Å²) in [7, 11) is 1.58. The van der Waals surface area contributed by atoms with Gasteiger partial charge in [-0.1, -0.05) is 25.3 Å². The van der Waals surface area contributed by atoms with Crippen molar-refractivity contribution in [1.29, 1.82) is 0 Å². The number of amides is 1. The Bertz CT molecular complexity index is 512. The summed E-state index contributed by atoms with van der Waals surface area (Å²) < 4.78 is 0. The number of hydrogen-bond donors (Lipinski definition) is 2. The quantitative estimate of drug-likeness (QED) is 0.618. The lowest BCUT2D eigenvalue weighted by Gasteiger charge is -2.25. The molecule has 0 saturated heterocycles. The maximum Gasteiger partial charge on any atom is 0.293 e. The van der Waals surface area contributed by atoms with E-state index in [2.05, 4.69) is 10.6 Å². The molecule has 0 heterocycles. The smallest absolute Gasteiger partial charge is 0.293 e. The number of para-hydroxylation sites is 1. The number of nitrogens with zero attached hydrogens (tertiary/aromatic N) is 1. The molecule has 1 aliphatic carbocycles. The Hall–Kier alpha value is -2.11. The first-order valence-electron chi connectivity index (χ1n) is 6.87. The summed E-state index contributed by atoms with van der Waals surface area (Å²) in [6, 6.07) is 4.51. The molecule has 0 bridgehead atoms. The van der Waals surface area contributed by atoms with Gasteiger partial charge < -0.3 is 10.6 Å². The molecule has 1 aromatic rings. The second-order valence-corrected chi connectivity index (χ2v) is 5.05. The zero-order valence-electron chi connectivity index (χ0n) is 11.5. The molecule has 20 heavy (non-hydrogen) atoms. The van der Waals surface area contributed by atoms with Gasteiger partial charge >= 0.3 is 0 Å². The van der Waals surface area contributed by atoms with E-state index in [1.807, 2.05) is 0 Å². The Kier molecular flexibility index (Phi) is 4.55. The van der Waals surface area contributed by atoms with Gasteiger partial charge in [0.25, 0.3) is 11.6 Å². The van der Waals surface area contributed by atoms with E-state index in [0.717, 1.165) is 12.3 Å². The highest BCUT2D eigenvalue weighted by Crippen LogP contribution is 2.29. The van der Waals surface area contributed by atoms with Crippen molar-refractivity contribution in [3.63, 3.8) is 0 Å². The Morgan fingerprint density at radius 2 is 2.20 bits per heavy atom. The summed E-state index contributed by atoms with van der Waals surface area (Å²) in [5.41, 5.74) is 0.494. The van der Waals surface area contributed by atoms with E-state index < -0.39 is 4.92 Å². The molecule has 2 N–H and O–H groups in total. The van der Waals surface area contributed by atoms with Crippen LogP contribution in [-0.4, -0.2) is 24.4 Å². The summed E-state index contributed by atoms with van der Waals surface area (Å²) in [5.74, 6) is 0.460. The second-order valence-electron chi connectivity index (χ2n) is 5.05. The standard InChI is InChI=1S/C14H19N3O3/c1-15-13-11(6-3-7-12(13)17(19)20)14(18)16-9-8-10-4-2-5-10/h3,6-7,10,15H,2,4-5,8-9H2,1H3,(H,16,18). The van der Waals surface area contributed by atoms with Crippen LogP contribution in [0.5, 0.6) is 0 Å². The lowest BCUT2D eigenvalue weighted by Crippen LogP contribution is -2.28. The zero-order chi connectivity index (χ0) is 14.5. The maximum absolute atomic E-state index is 12.1. The largest absolute Gasteiger partial charge is 0.382 e. The highest BCUT2D eigenvalue weighted by molar-refractivity contribution is 6.01. The van der Waals surface area contributed by atoms with E-state index >= 15 is 0 Å². The van der Waals surface area contributed by atoms with E-state index in [9.17, 15) is 14.9 Å². The minimum Gasteiger partial charge on any atom is -0.382 e. The molecule has 0 aromatic heterocycles. The fourth-order valence-corrected chi connectivity index (χ4v) is 2.41. The molecule has 1 saturated carbocycles. The summed E-state index contributed by atoms with van der Waals surface area (Å²) in [6.07, 6.45) is 4.76. The molecule has 108 valence electrons. The van der Waals surface area contributed by atoms with Gasteiger partial charge in [-0.25, -0.2) is 0 Å². The minimum atomic E-state index is -0.489. The van der Waals surface area contributed by atoms with Gasteiger partial charge in [0.05, 0.1) is 10.5 Å². The highest BCUT2D eigenvalue weighted by Gasteiger charge is 2.21. The predicted octanol–water partition coefficient (Wildman–Crippen LogP) is 2.56. The summed E-state index contributed by atoms with van der Waals surface area (Å²) in [5, 5.41) is 16.5. The van der Waals surface area contributed by atoms with Crippen LogP contribution in [0.15, 0.2) is 18.2 Å². The van der Waals surface area contributed by atoms with Gasteiger partial charge in [-0.3, -0.25) is 14.9 Å². The van der Waals surface area contributed by atoms with E-state index in [4.69, 9.17) is 0 Å². The van der Waals surface area contributed by atoms with Crippen LogP contribution >= 0.6 is 0 Å². The van der Waals surface area contributed by atoms with E-state index in [1.54, 1.807) is 13.1 Å². The van der Waals surface area contributed by atoms with Crippen LogP contribution in [0.25, 0.3) is 0 Å². The summed E-state index contributed by atoms with van der Waals surface area (Å²) in [6.45, 7) is 0.620. The third-order valence-electron chi connectivity index (χ3n) is 3.80. The third kappa shape index (κ3) is 3.07. The molecule has 0 aliphatic heterocycles. The fraction of sp³-hybridized carbons (Fsp3) is 0.500. The Morgan fingerprint density at radius 3 is 2.75 bits per heavy atom. The van der Waals surface area contributed by atoms with Crippen LogP contribution < -0.4 is 10.6 Å². The van der Waals surface area contributed by atoms with Crippen LogP contribution in [0.1, 0.15) is 36.0 Å². The third-order valence-corrected chi connectivity index (χ3v) is 3.80. The van der Waals surface area contributed by atoms with Crippen molar-refractivity contribution in [2.45, 2.75) is 25.7 Å². The monoisotopic (exact) mass is 277 g/mol. The Morgan fingerprint density at radius 1 is 1.45 bits per heavy atom. The number of carbonyl (C=O) groups excluding carboxylic acids is 1. The second kappa shape index (κ2) is 6.36. The topological polar surface area (TPSA) is 84.3 Å². The molecule has 0 unspecified atom stereocenters. The van der Waals surface area contributed by atoms with Crippen molar-refractivity contribution in [3.8, 4) is 0 Å². The van der Waals surface area contributed by atoms with Crippen LogP contribution in [0.2, 0.25) is 0 Å². The Balaban J connectivity index is 2.04. The van der Waals surface area contributed by atoms with Crippen LogP contribution in [0.4, 0.5) is 11.4 Å². The number of rotatable bonds is 6. The van der Waals surface area contributed by atoms with Gasteiger partial charge in [0.2, 0.25) is 0 Å². The highest BCUT2D eigenvalue weighted by atomic mass is 16.6. The molecule has 6 nitrogen and oxygen atoms in total. The number of hydrogen-bond acceptors (Lipinski definition) is 4. The average Bonchev–Trinajstić information content (AvgIpc) is 2.40. The number of carbonyl (C=O) groups is 1. The number of nitro benzene ring substituents is 1. The Labute approximate surface area is 117 Å². The maximum atomic E-state index is 12.1. The van der Waals surface area contributed by atoms with Crippen LogP contribution in [-0.2, 0) is 0 Å². The molecule has 6 heteroatoms. The molecule has 2 rings (SSSR count). The number of nitro groups is 1. The molecule has 1 aliphatic rings. The molecular formula is C14H19N3O3. The normalized spacial score (nSPS) is 14.4.